The first kappa shape index (κ1) is 17.9. The van der Waals surface area contributed by atoms with Crippen LogP contribution in [0.1, 0.15) is 18.9 Å². The number of benzene rings is 1. The Hall–Kier alpha value is -1.44. The van der Waals surface area contributed by atoms with E-state index < -0.39 is 10.0 Å². The predicted octanol–water partition coefficient (Wildman–Crippen LogP) is 1.12. The molecule has 0 unspecified atom stereocenters. The predicted molar refractivity (Wildman–Crippen MR) is 87.6 cm³/mol. The topological polar surface area (TPSA) is 66.9 Å². The molecule has 0 saturated carbocycles. The minimum Gasteiger partial charge on any atom is -0.366 e. The van der Waals surface area contributed by atoms with Gasteiger partial charge in [0.05, 0.1) is 11.0 Å². The maximum Gasteiger partial charge on any atom is 0.248 e. The van der Waals surface area contributed by atoms with Crippen molar-refractivity contribution in [1.29, 1.82) is 0 Å². The summed E-state index contributed by atoms with van der Waals surface area (Å²) in [6, 6.07) is 7.04. The van der Waals surface area contributed by atoms with Crippen molar-refractivity contribution in [3.63, 3.8) is 0 Å². The van der Waals surface area contributed by atoms with Gasteiger partial charge in [0.15, 0.2) is 0 Å². The lowest BCUT2D eigenvalue weighted by Crippen LogP contribution is -2.55. The lowest BCUT2D eigenvalue weighted by Gasteiger charge is -2.37. The van der Waals surface area contributed by atoms with E-state index in [4.69, 9.17) is 4.74 Å². The third kappa shape index (κ3) is 4.31. The molecule has 23 heavy (non-hydrogen) atoms. The molecule has 0 atom stereocenters. The van der Waals surface area contributed by atoms with Gasteiger partial charge in [-0.1, -0.05) is 25.5 Å². The molecular formula is C16H24N2O4S. The average Bonchev–Trinajstić information content (AvgIpc) is 2.46. The quantitative estimate of drug-likeness (QED) is 0.746. The lowest BCUT2D eigenvalue weighted by atomic mass is 10.1. The molecule has 0 radical (unpaired) electrons. The van der Waals surface area contributed by atoms with Gasteiger partial charge in [-0.15, -0.1) is 0 Å². The van der Waals surface area contributed by atoms with Crippen molar-refractivity contribution in [1.82, 2.24) is 9.21 Å². The molecular weight excluding hydrogens is 316 g/mol. The molecule has 1 heterocycles. The molecule has 0 aromatic heterocycles. The monoisotopic (exact) mass is 340 g/mol. The van der Waals surface area contributed by atoms with Crippen molar-refractivity contribution < 1.29 is 17.9 Å². The summed E-state index contributed by atoms with van der Waals surface area (Å²) >= 11 is 0. The Morgan fingerprint density at radius 1 is 1.26 bits per heavy atom. The number of nitrogens with zero attached hydrogens (tertiary/aromatic N) is 2. The molecule has 1 saturated heterocycles. The number of hydrogen-bond donors (Lipinski definition) is 0. The smallest absolute Gasteiger partial charge is 0.248 e. The Labute approximate surface area is 138 Å². The van der Waals surface area contributed by atoms with Crippen LogP contribution in [0.4, 0.5) is 0 Å². The van der Waals surface area contributed by atoms with E-state index in [2.05, 4.69) is 6.92 Å². The largest absolute Gasteiger partial charge is 0.366 e. The van der Waals surface area contributed by atoms with Crippen LogP contribution in [0.2, 0.25) is 0 Å². The summed E-state index contributed by atoms with van der Waals surface area (Å²) in [7, 11) is -0.147. The van der Waals surface area contributed by atoms with Crippen LogP contribution in [-0.2, 0) is 26.0 Å². The number of ether oxygens (including phenoxy) is 1. The first-order valence-corrected chi connectivity index (χ1v) is 9.19. The fourth-order valence-corrected chi connectivity index (χ4v) is 3.79. The summed E-state index contributed by atoms with van der Waals surface area (Å²) in [6.45, 7) is 2.66. The molecule has 0 aliphatic carbocycles. The molecule has 7 heteroatoms. The number of aryl methyl sites for hydroxylation is 1. The van der Waals surface area contributed by atoms with Crippen molar-refractivity contribution in [2.45, 2.75) is 30.8 Å². The van der Waals surface area contributed by atoms with Crippen LogP contribution in [0.25, 0.3) is 0 Å². The highest BCUT2D eigenvalue weighted by molar-refractivity contribution is 7.89. The van der Waals surface area contributed by atoms with Crippen molar-refractivity contribution in [2.75, 3.05) is 33.8 Å². The number of carbonyl (C=O) groups excluding carboxylic acids is 1. The molecule has 128 valence electrons. The average molecular weight is 340 g/mol. The van der Waals surface area contributed by atoms with Gasteiger partial charge in [0.1, 0.15) is 6.61 Å². The van der Waals surface area contributed by atoms with E-state index in [9.17, 15) is 13.2 Å². The third-order valence-electron chi connectivity index (χ3n) is 3.86. The standard InChI is InChI=1S/C16H24N2O4S/c1-4-5-13-6-8-15(9-7-13)23(20,21)18-10-14(11-18)22-12-16(19)17(2)3/h6-9,14H,4-5,10-12H2,1-3H3. The zero-order valence-electron chi connectivity index (χ0n) is 13.9. The minimum absolute atomic E-state index is 0.0166. The number of sulfonamides is 1. The highest BCUT2D eigenvalue weighted by Crippen LogP contribution is 2.23. The fraction of sp³-hybridized carbons (Fsp3) is 0.562. The summed E-state index contributed by atoms with van der Waals surface area (Å²) in [5.41, 5.74) is 1.14. The Morgan fingerprint density at radius 3 is 2.39 bits per heavy atom. The Bertz CT molecular complexity index is 635. The molecule has 1 fully saturated rings. The number of likely N-dealkylation sites (N-methyl/N-ethyl adjacent to an activating group) is 1. The summed E-state index contributed by atoms with van der Waals surface area (Å²) in [5.74, 6) is -0.127. The van der Waals surface area contributed by atoms with E-state index in [1.807, 2.05) is 12.1 Å². The lowest BCUT2D eigenvalue weighted by molar-refractivity contribution is -0.138. The number of carbonyl (C=O) groups is 1. The third-order valence-corrected chi connectivity index (χ3v) is 5.70. The highest BCUT2D eigenvalue weighted by atomic mass is 32.2. The molecule has 2 rings (SSSR count). The van der Waals surface area contributed by atoms with Gasteiger partial charge >= 0.3 is 0 Å². The van der Waals surface area contributed by atoms with Crippen LogP contribution >= 0.6 is 0 Å². The molecule has 0 N–H and O–H groups in total. The number of amides is 1. The van der Waals surface area contributed by atoms with Gasteiger partial charge in [-0.2, -0.15) is 4.31 Å². The van der Waals surface area contributed by atoms with Crippen LogP contribution in [0.15, 0.2) is 29.2 Å². The Morgan fingerprint density at radius 2 is 1.87 bits per heavy atom. The van der Waals surface area contributed by atoms with Gasteiger partial charge in [0, 0.05) is 27.2 Å². The zero-order chi connectivity index (χ0) is 17.0. The van der Waals surface area contributed by atoms with E-state index in [-0.39, 0.29) is 18.6 Å². The summed E-state index contributed by atoms with van der Waals surface area (Å²) < 4.78 is 31.7. The first-order chi connectivity index (χ1) is 10.8. The molecule has 6 nitrogen and oxygen atoms in total. The molecule has 1 aromatic carbocycles. The van der Waals surface area contributed by atoms with Gasteiger partial charge in [0.2, 0.25) is 15.9 Å². The maximum atomic E-state index is 12.5. The van der Waals surface area contributed by atoms with Gasteiger partial charge < -0.3 is 9.64 Å². The SMILES string of the molecule is CCCc1ccc(S(=O)(=O)N2CC(OCC(=O)N(C)C)C2)cc1. The van der Waals surface area contributed by atoms with Crippen LogP contribution in [0.5, 0.6) is 0 Å². The van der Waals surface area contributed by atoms with Gasteiger partial charge in [-0.05, 0) is 24.1 Å². The molecule has 0 bridgehead atoms. The normalized spacial score (nSPS) is 16.1. The van der Waals surface area contributed by atoms with Crippen molar-refractivity contribution in [3.05, 3.63) is 29.8 Å². The molecule has 1 aromatic rings. The Balaban J connectivity index is 1.89. The van der Waals surface area contributed by atoms with E-state index in [1.165, 1.54) is 9.21 Å². The minimum atomic E-state index is -3.46. The van der Waals surface area contributed by atoms with Crippen LogP contribution < -0.4 is 0 Å². The number of rotatable bonds is 7. The van der Waals surface area contributed by atoms with E-state index in [0.717, 1.165) is 18.4 Å². The molecule has 1 amide bonds. The van der Waals surface area contributed by atoms with Crippen molar-refractivity contribution in [2.24, 2.45) is 0 Å². The summed E-state index contributed by atoms with van der Waals surface area (Å²) in [4.78, 5) is 13.2. The zero-order valence-corrected chi connectivity index (χ0v) is 14.7. The van der Waals surface area contributed by atoms with E-state index in [0.29, 0.717) is 18.0 Å². The van der Waals surface area contributed by atoms with Gasteiger partial charge in [0.25, 0.3) is 0 Å². The van der Waals surface area contributed by atoms with E-state index >= 15 is 0 Å². The van der Waals surface area contributed by atoms with Gasteiger partial charge in [-0.3, -0.25) is 4.79 Å². The van der Waals surface area contributed by atoms with E-state index in [1.54, 1.807) is 26.2 Å². The second-order valence-corrected chi connectivity index (χ2v) is 7.88. The van der Waals surface area contributed by atoms with Crippen LogP contribution in [-0.4, -0.2) is 63.4 Å². The maximum absolute atomic E-state index is 12.5. The second kappa shape index (κ2) is 7.42. The fourth-order valence-electron chi connectivity index (χ4n) is 2.29. The molecule has 1 aliphatic heterocycles. The Kier molecular flexibility index (Phi) is 5.78. The summed E-state index contributed by atoms with van der Waals surface area (Å²) in [6.07, 6.45) is 1.76. The number of hydrogen-bond acceptors (Lipinski definition) is 4. The van der Waals surface area contributed by atoms with Crippen LogP contribution in [0.3, 0.4) is 0 Å². The van der Waals surface area contributed by atoms with Crippen molar-refractivity contribution >= 4 is 15.9 Å². The van der Waals surface area contributed by atoms with Gasteiger partial charge in [-0.25, -0.2) is 8.42 Å². The second-order valence-electron chi connectivity index (χ2n) is 5.94. The summed E-state index contributed by atoms with van der Waals surface area (Å²) in [5, 5.41) is 0. The first-order valence-electron chi connectivity index (χ1n) is 7.75. The molecule has 0 spiro atoms. The van der Waals surface area contributed by atoms with Crippen LogP contribution in [0, 0.1) is 0 Å². The highest BCUT2D eigenvalue weighted by Gasteiger charge is 2.37. The molecule has 1 aliphatic rings. The van der Waals surface area contributed by atoms with Crippen molar-refractivity contribution in [3.8, 4) is 0 Å².